The Kier molecular flexibility index (Phi) is 4.53. The van der Waals surface area contributed by atoms with Crippen LogP contribution in [0.5, 0.6) is 0 Å². The molecule has 0 amide bonds. The number of aromatic nitrogens is 2. The average molecular weight is 248 g/mol. The smallest absolute Gasteiger partial charge is 0.147 e. The molecule has 1 aliphatic carbocycles. The summed E-state index contributed by atoms with van der Waals surface area (Å²) in [5.41, 5.74) is 1.02. The molecule has 0 aliphatic heterocycles. The van der Waals surface area contributed by atoms with Gasteiger partial charge in [-0.15, -0.1) is 0 Å². The molecule has 0 atom stereocenters. The van der Waals surface area contributed by atoms with E-state index in [1.807, 2.05) is 19.4 Å². The van der Waals surface area contributed by atoms with Gasteiger partial charge in [0.15, 0.2) is 0 Å². The van der Waals surface area contributed by atoms with E-state index >= 15 is 0 Å². The van der Waals surface area contributed by atoms with Gasteiger partial charge in [0.2, 0.25) is 0 Å². The van der Waals surface area contributed by atoms with Crippen LogP contribution in [0.3, 0.4) is 0 Å². The summed E-state index contributed by atoms with van der Waals surface area (Å²) >= 11 is 0. The highest BCUT2D eigenvalue weighted by molar-refractivity contribution is 5.39. The van der Waals surface area contributed by atoms with Crippen molar-refractivity contribution in [1.29, 1.82) is 0 Å². The lowest BCUT2D eigenvalue weighted by molar-refractivity contribution is 0.567. The third-order valence-corrected chi connectivity index (χ3v) is 3.26. The maximum Gasteiger partial charge on any atom is 0.147 e. The molecule has 1 aliphatic rings. The van der Waals surface area contributed by atoms with Crippen LogP contribution in [-0.4, -0.2) is 29.6 Å². The molecule has 0 radical (unpaired) electrons. The van der Waals surface area contributed by atoms with E-state index in [1.54, 1.807) is 0 Å². The predicted molar refractivity (Wildman–Crippen MR) is 74.6 cm³/mol. The summed E-state index contributed by atoms with van der Waals surface area (Å²) in [6, 6.07) is 0.697. The Morgan fingerprint density at radius 1 is 1.39 bits per heavy atom. The minimum absolute atomic E-state index is 0.697. The van der Waals surface area contributed by atoms with Gasteiger partial charge in [-0.25, -0.2) is 4.98 Å². The van der Waals surface area contributed by atoms with E-state index in [1.165, 1.54) is 19.3 Å². The fourth-order valence-corrected chi connectivity index (χ4v) is 2.07. The summed E-state index contributed by atoms with van der Waals surface area (Å²) in [7, 11) is 1.94. The zero-order valence-electron chi connectivity index (χ0n) is 11.7. The number of nitrogens with one attached hydrogen (secondary N) is 1. The average Bonchev–Trinajstić information content (AvgIpc) is 3.14. The van der Waals surface area contributed by atoms with E-state index in [2.05, 4.69) is 29.0 Å². The topological polar surface area (TPSA) is 41.1 Å². The van der Waals surface area contributed by atoms with Crippen LogP contribution in [0.2, 0.25) is 0 Å². The first-order valence-corrected chi connectivity index (χ1v) is 6.93. The monoisotopic (exact) mass is 248 g/mol. The molecule has 1 heterocycles. The van der Waals surface area contributed by atoms with E-state index in [0.717, 1.165) is 30.5 Å². The lowest BCUT2D eigenvalue weighted by Gasteiger charge is -2.24. The van der Waals surface area contributed by atoms with E-state index in [9.17, 15) is 0 Å². The van der Waals surface area contributed by atoms with Gasteiger partial charge in [-0.1, -0.05) is 13.8 Å². The zero-order valence-corrected chi connectivity index (χ0v) is 11.7. The number of anilines is 1. The number of hydrogen-bond donors (Lipinski definition) is 1. The van der Waals surface area contributed by atoms with Gasteiger partial charge in [-0.05, 0) is 32.2 Å². The quantitative estimate of drug-likeness (QED) is 0.803. The zero-order chi connectivity index (χ0) is 13.0. The largest absolute Gasteiger partial charge is 0.352 e. The van der Waals surface area contributed by atoms with Crippen molar-refractivity contribution in [3.05, 3.63) is 18.1 Å². The van der Waals surface area contributed by atoms with Crippen molar-refractivity contribution in [3.63, 3.8) is 0 Å². The lowest BCUT2D eigenvalue weighted by atomic mass is 10.1. The van der Waals surface area contributed by atoms with Gasteiger partial charge in [0.25, 0.3) is 0 Å². The molecule has 1 N–H and O–H groups in total. The number of hydrogen-bond acceptors (Lipinski definition) is 4. The summed E-state index contributed by atoms with van der Waals surface area (Å²) in [5, 5.41) is 3.12. The van der Waals surface area contributed by atoms with Gasteiger partial charge < -0.3 is 10.2 Å². The summed E-state index contributed by atoms with van der Waals surface area (Å²) in [6.45, 7) is 6.42. The van der Waals surface area contributed by atoms with Crippen molar-refractivity contribution < 1.29 is 0 Å². The lowest BCUT2D eigenvalue weighted by Crippen LogP contribution is -2.29. The second-order valence-corrected chi connectivity index (χ2v) is 5.51. The molecular weight excluding hydrogens is 224 g/mol. The molecule has 4 nitrogen and oxygen atoms in total. The summed E-state index contributed by atoms with van der Waals surface area (Å²) in [4.78, 5) is 11.5. The Morgan fingerprint density at radius 2 is 2.17 bits per heavy atom. The Bertz CT molecular complexity index is 374. The van der Waals surface area contributed by atoms with E-state index in [-0.39, 0.29) is 0 Å². The van der Waals surface area contributed by atoms with Crippen molar-refractivity contribution >= 4 is 5.82 Å². The second-order valence-electron chi connectivity index (χ2n) is 5.51. The molecule has 4 heteroatoms. The van der Waals surface area contributed by atoms with Crippen LogP contribution in [0.1, 0.15) is 38.8 Å². The van der Waals surface area contributed by atoms with Crippen LogP contribution >= 0.6 is 0 Å². The van der Waals surface area contributed by atoms with Crippen LogP contribution in [0.25, 0.3) is 0 Å². The van der Waals surface area contributed by atoms with Crippen LogP contribution < -0.4 is 10.2 Å². The van der Waals surface area contributed by atoms with Crippen molar-refractivity contribution in [2.24, 2.45) is 5.92 Å². The van der Waals surface area contributed by atoms with Crippen LogP contribution in [-0.2, 0) is 6.54 Å². The number of nitrogens with zero attached hydrogens (tertiary/aromatic N) is 3. The molecule has 100 valence electrons. The molecule has 0 aromatic carbocycles. The maximum absolute atomic E-state index is 4.70. The predicted octanol–water partition coefficient (Wildman–Crippen LogP) is 2.21. The maximum atomic E-state index is 4.70. The first-order valence-electron chi connectivity index (χ1n) is 6.93. The van der Waals surface area contributed by atoms with Crippen LogP contribution in [0, 0.1) is 5.92 Å². The Labute approximate surface area is 110 Å². The van der Waals surface area contributed by atoms with E-state index in [0.29, 0.717) is 6.04 Å². The fraction of sp³-hybridized carbons (Fsp3) is 0.714. The first kappa shape index (κ1) is 13.3. The van der Waals surface area contributed by atoms with Gasteiger partial charge in [-0.2, -0.15) is 0 Å². The Morgan fingerprint density at radius 3 is 2.78 bits per heavy atom. The molecule has 18 heavy (non-hydrogen) atoms. The fourth-order valence-electron chi connectivity index (χ4n) is 2.07. The third-order valence-electron chi connectivity index (χ3n) is 3.26. The van der Waals surface area contributed by atoms with E-state index in [4.69, 9.17) is 4.98 Å². The Balaban J connectivity index is 2.06. The molecule has 1 saturated carbocycles. The minimum atomic E-state index is 0.697. The van der Waals surface area contributed by atoms with Crippen molar-refractivity contribution in [3.8, 4) is 0 Å². The van der Waals surface area contributed by atoms with Gasteiger partial charge in [0.05, 0.1) is 11.9 Å². The van der Waals surface area contributed by atoms with Gasteiger partial charge >= 0.3 is 0 Å². The first-order chi connectivity index (χ1) is 8.70. The normalized spacial score (nSPS) is 15.1. The molecule has 1 fully saturated rings. The third kappa shape index (κ3) is 3.67. The Hall–Kier alpha value is -1.16. The summed E-state index contributed by atoms with van der Waals surface area (Å²) < 4.78 is 0. The van der Waals surface area contributed by atoms with E-state index < -0.39 is 0 Å². The summed E-state index contributed by atoms with van der Waals surface area (Å²) in [6.07, 6.45) is 7.56. The highest BCUT2D eigenvalue weighted by Crippen LogP contribution is 2.30. The molecule has 0 bridgehead atoms. The molecule has 0 spiro atoms. The van der Waals surface area contributed by atoms with Gasteiger partial charge in [-0.3, -0.25) is 4.98 Å². The number of rotatable bonds is 7. The van der Waals surface area contributed by atoms with Gasteiger partial charge in [0, 0.05) is 25.3 Å². The van der Waals surface area contributed by atoms with Crippen molar-refractivity contribution in [1.82, 2.24) is 15.3 Å². The SMILES string of the molecule is CNCc1cncc(N(CCC(C)C)C2CC2)n1. The molecule has 1 aromatic rings. The molecule has 1 aromatic heterocycles. The minimum Gasteiger partial charge on any atom is -0.352 e. The highest BCUT2D eigenvalue weighted by atomic mass is 15.2. The standard InChI is InChI=1S/C14H24N4/c1-11(2)6-7-18(13-4-5-13)14-10-16-9-12(17-14)8-15-3/h9-11,13,15H,4-8H2,1-3H3. The van der Waals surface area contributed by atoms with Crippen molar-refractivity contribution in [2.45, 2.75) is 45.7 Å². The summed E-state index contributed by atoms with van der Waals surface area (Å²) in [5.74, 6) is 1.78. The molecule has 2 rings (SSSR count). The molecule has 0 saturated heterocycles. The van der Waals surface area contributed by atoms with Crippen molar-refractivity contribution in [2.75, 3.05) is 18.5 Å². The highest BCUT2D eigenvalue weighted by Gasteiger charge is 2.30. The van der Waals surface area contributed by atoms with Gasteiger partial charge in [0.1, 0.15) is 5.82 Å². The van der Waals surface area contributed by atoms with Crippen LogP contribution in [0.4, 0.5) is 5.82 Å². The molecular formula is C14H24N4. The second kappa shape index (κ2) is 6.14. The molecule has 0 unspecified atom stereocenters. The van der Waals surface area contributed by atoms with Crippen LogP contribution in [0.15, 0.2) is 12.4 Å².